The van der Waals surface area contributed by atoms with Crippen molar-refractivity contribution in [1.82, 2.24) is 14.9 Å². The van der Waals surface area contributed by atoms with Gasteiger partial charge in [0.2, 0.25) is 11.8 Å². The Labute approximate surface area is 202 Å². The first-order valence-corrected chi connectivity index (χ1v) is 12.3. The van der Waals surface area contributed by atoms with Crippen molar-refractivity contribution in [3.8, 4) is 5.75 Å². The predicted octanol–water partition coefficient (Wildman–Crippen LogP) is 3.04. The molecule has 0 fully saturated rings. The fourth-order valence-electron chi connectivity index (χ4n) is 3.45. The molecule has 1 heterocycles. The number of fused-ring (bicyclic) bond motifs is 1. The van der Waals surface area contributed by atoms with Crippen molar-refractivity contribution in [1.29, 1.82) is 0 Å². The maximum atomic E-state index is 13.1. The number of aryl methyl sites for hydroxylation is 1. The quantitative estimate of drug-likeness (QED) is 0.220. The van der Waals surface area contributed by atoms with E-state index in [0.717, 1.165) is 17.7 Å². The lowest BCUT2D eigenvalue weighted by atomic mass is 10.2. The first-order chi connectivity index (χ1) is 16.4. The summed E-state index contributed by atoms with van der Waals surface area (Å²) in [7, 11) is 0. The lowest BCUT2D eigenvalue weighted by Gasteiger charge is -2.13. The number of nitrogens with zero attached hydrogens (tertiary/aromatic N) is 2. The van der Waals surface area contributed by atoms with Gasteiger partial charge in [0.25, 0.3) is 5.56 Å². The van der Waals surface area contributed by atoms with E-state index in [2.05, 4.69) is 10.3 Å². The van der Waals surface area contributed by atoms with Crippen molar-refractivity contribution in [3.05, 3.63) is 64.4 Å². The highest BCUT2D eigenvalue weighted by molar-refractivity contribution is 7.99. The van der Waals surface area contributed by atoms with Gasteiger partial charge in [-0.05, 0) is 49.6 Å². The number of ether oxygens (including phenoxy) is 1. The molecule has 8 nitrogen and oxygen atoms in total. The van der Waals surface area contributed by atoms with E-state index in [1.54, 1.807) is 16.7 Å². The summed E-state index contributed by atoms with van der Waals surface area (Å²) >= 11 is 1.23. The van der Waals surface area contributed by atoms with E-state index in [4.69, 9.17) is 10.5 Å². The average Bonchev–Trinajstić information content (AvgIpc) is 2.81. The van der Waals surface area contributed by atoms with Gasteiger partial charge in [-0.15, -0.1) is 0 Å². The summed E-state index contributed by atoms with van der Waals surface area (Å²) in [4.78, 5) is 41.0. The van der Waals surface area contributed by atoms with Crippen LogP contribution in [0, 0.1) is 6.92 Å². The molecule has 0 aliphatic heterocycles. The van der Waals surface area contributed by atoms with Crippen molar-refractivity contribution in [2.45, 2.75) is 44.3 Å². The smallest absolute Gasteiger partial charge is 0.262 e. The third kappa shape index (κ3) is 7.62. The summed E-state index contributed by atoms with van der Waals surface area (Å²) in [6, 6.07) is 14.9. The molecular formula is C25H30N4O4S. The molecule has 180 valence electrons. The van der Waals surface area contributed by atoms with Crippen LogP contribution in [0.25, 0.3) is 10.9 Å². The van der Waals surface area contributed by atoms with Gasteiger partial charge in [0, 0.05) is 13.0 Å². The fourth-order valence-corrected chi connectivity index (χ4v) is 4.30. The van der Waals surface area contributed by atoms with Crippen LogP contribution in [0.15, 0.2) is 58.5 Å². The zero-order chi connectivity index (χ0) is 24.3. The number of nitrogens with one attached hydrogen (secondary N) is 1. The molecule has 9 heteroatoms. The lowest BCUT2D eigenvalue weighted by Crippen LogP contribution is -2.30. The topological polar surface area (TPSA) is 116 Å². The van der Waals surface area contributed by atoms with E-state index >= 15 is 0 Å². The maximum Gasteiger partial charge on any atom is 0.262 e. The van der Waals surface area contributed by atoms with Crippen LogP contribution in [0.2, 0.25) is 0 Å². The van der Waals surface area contributed by atoms with Gasteiger partial charge in [-0.2, -0.15) is 0 Å². The van der Waals surface area contributed by atoms with Crippen molar-refractivity contribution < 1.29 is 14.3 Å². The number of hydrogen-bond donors (Lipinski definition) is 2. The molecule has 3 rings (SSSR count). The van der Waals surface area contributed by atoms with Gasteiger partial charge in [-0.3, -0.25) is 19.0 Å². The van der Waals surface area contributed by atoms with Crippen molar-refractivity contribution in [2.24, 2.45) is 5.73 Å². The average molecular weight is 483 g/mol. The molecule has 0 atom stereocenters. The van der Waals surface area contributed by atoms with Gasteiger partial charge in [0.05, 0.1) is 23.2 Å². The Kier molecular flexibility index (Phi) is 9.51. The van der Waals surface area contributed by atoms with Crippen LogP contribution in [0.4, 0.5) is 0 Å². The van der Waals surface area contributed by atoms with E-state index in [1.165, 1.54) is 11.8 Å². The Morgan fingerprint density at radius 3 is 2.74 bits per heavy atom. The van der Waals surface area contributed by atoms with Crippen LogP contribution >= 0.6 is 11.8 Å². The van der Waals surface area contributed by atoms with Crippen LogP contribution < -0.4 is 21.3 Å². The van der Waals surface area contributed by atoms with Crippen LogP contribution in [0.1, 0.15) is 31.2 Å². The molecule has 2 amide bonds. The molecule has 34 heavy (non-hydrogen) atoms. The molecule has 3 N–H and O–H groups in total. The monoisotopic (exact) mass is 482 g/mol. The molecule has 2 aromatic carbocycles. The second kappa shape index (κ2) is 12.8. The zero-order valence-corrected chi connectivity index (χ0v) is 20.1. The van der Waals surface area contributed by atoms with E-state index in [0.29, 0.717) is 55.0 Å². The second-order valence-electron chi connectivity index (χ2n) is 7.95. The zero-order valence-electron chi connectivity index (χ0n) is 19.3. The summed E-state index contributed by atoms with van der Waals surface area (Å²) < 4.78 is 7.27. The van der Waals surface area contributed by atoms with Crippen molar-refractivity contribution in [3.63, 3.8) is 0 Å². The highest BCUT2D eigenvalue weighted by atomic mass is 32.2. The number of aromatic nitrogens is 2. The van der Waals surface area contributed by atoms with Crippen molar-refractivity contribution in [2.75, 3.05) is 18.9 Å². The molecule has 0 spiro atoms. The number of unbranched alkanes of at least 4 members (excludes halogenated alkanes) is 2. The normalized spacial score (nSPS) is 10.9. The molecule has 0 unspecified atom stereocenters. The number of para-hydroxylation sites is 1. The third-order valence-electron chi connectivity index (χ3n) is 5.15. The number of primary amides is 1. The minimum absolute atomic E-state index is 0.130. The fraction of sp³-hybridized carbons (Fsp3) is 0.360. The molecular weight excluding hydrogens is 452 g/mol. The summed E-state index contributed by atoms with van der Waals surface area (Å²) in [5.41, 5.74) is 6.77. The Balaban J connectivity index is 1.56. The summed E-state index contributed by atoms with van der Waals surface area (Å²) in [5, 5.41) is 3.88. The standard InChI is InChI=1S/C25H30N4O4S/c1-18-8-7-9-19(16-18)33-15-13-27-23(31)17-34-25-28-21-11-5-4-10-20(21)24(32)29(25)14-6-2-3-12-22(26)30/h4-5,7-11,16H,2-3,6,12-15,17H2,1H3,(H2,26,30)(H,27,31). The minimum Gasteiger partial charge on any atom is -0.492 e. The van der Waals surface area contributed by atoms with E-state index in [-0.39, 0.29) is 23.1 Å². The minimum atomic E-state index is -0.323. The molecule has 3 aromatic rings. The number of benzene rings is 2. The van der Waals surface area contributed by atoms with Gasteiger partial charge < -0.3 is 15.8 Å². The number of carbonyl (C=O) groups excluding carboxylic acids is 2. The van der Waals surface area contributed by atoms with Gasteiger partial charge in [-0.1, -0.05) is 42.4 Å². The van der Waals surface area contributed by atoms with Crippen LogP contribution in [-0.2, 0) is 16.1 Å². The van der Waals surface area contributed by atoms with Gasteiger partial charge in [0.15, 0.2) is 5.16 Å². The Bertz CT molecular complexity index is 1190. The molecule has 0 bridgehead atoms. The number of hydrogen-bond acceptors (Lipinski definition) is 6. The Morgan fingerprint density at radius 2 is 1.94 bits per heavy atom. The van der Waals surface area contributed by atoms with Crippen LogP contribution in [-0.4, -0.2) is 40.3 Å². The van der Waals surface area contributed by atoms with E-state index < -0.39 is 0 Å². The van der Waals surface area contributed by atoms with Gasteiger partial charge >= 0.3 is 0 Å². The molecule has 0 aliphatic rings. The number of rotatable bonds is 13. The van der Waals surface area contributed by atoms with E-state index in [9.17, 15) is 14.4 Å². The van der Waals surface area contributed by atoms with Crippen LogP contribution in [0.5, 0.6) is 5.75 Å². The van der Waals surface area contributed by atoms with E-state index in [1.807, 2.05) is 43.3 Å². The lowest BCUT2D eigenvalue weighted by molar-refractivity contribution is -0.119. The first kappa shape index (κ1) is 25.3. The third-order valence-corrected chi connectivity index (χ3v) is 6.12. The van der Waals surface area contributed by atoms with Gasteiger partial charge in [0.1, 0.15) is 12.4 Å². The highest BCUT2D eigenvalue weighted by Gasteiger charge is 2.13. The largest absolute Gasteiger partial charge is 0.492 e. The molecule has 0 radical (unpaired) electrons. The number of carbonyl (C=O) groups is 2. The van der Waals surface area contributed by atoms with Crippen LogP contribution in [0.3, 0.4) is 0 Å². The maximum absolute atomic E-state index is 13.1. The Hall–Kier alpha value is -3.33. The number of amides is 2. The molecule has 1 aromatic heterocycles. The molecule has 0 saturated carbocycles. The summed E-state index contributed by atoms with van der Waals surface area (Å²) in [6.45, 7) is 3.20. The number of nitrogens with two attached hydrogens (primary N) is 1. The second-order valence-corrected chi connectivity index (χ2v) is 8.89. The first-order valence-electron chi connectivity index (χ1n) is 11.3. The number of thioether (sulfide) groups is 1. The highest BCUT2D eigenvalue weighted by Crippen LogP contribution is 2.18. The SMILES string of the molecule is Cc1cccc(OCCNC(=O)CSc2nc3ccccc3c(=O)n2CCCCCC(N)=O)c1. The Morgan fingerprint density at radius 1 is 1.12 bits per heavy atom. The molecule has 0 aliphatic carbocycles. The molecule has 0 saturated heterocycles. The van der Waals surface area contributed by atoms with Crippen molar-refractivity contribution >= 4 is 34.5 Å². The summed E-state index contributed by atoms with van der Waals surface area (Å²) in [5.74, 6) is 0.421. The predicted molar refractivity (Wildman–Crippen MR) is 134 cm³/mol. The van der Waals surface area contributed by atoms with Gasteiger partial charge in [-0.25, -0.2) is 4.98 Å². The summed E-state index contributed by atoms with van der Waals surface area (Å²) in [6.07, 6.45) is 2.50.